The molecule has 1 aliphatic heterocycles. The third-order valence-electron chi connectivity index (χ3n) is 5.23. The van der Waals surface area contributed by atoms with Crippen molar-refractivity contribution >= 4 is 5.91 Å². The standard InChI is InChI=1S/C22H28N2O2/c1-22(2,19-9-5-4-6-10-19)21(25)24-14-12-23(13-15-24)17-18-8-7-11-20(16-18)26-3/h4-11,16H,12-15,17H2,1-3H3. The van der Waals surface area contributed by atoms with Crippen LogP contribution in [-0.4, -0.2) is 49.0 Å². The molecule has 0 unspecified atom stereocenters. The first kappa shape index (κ1) is 18.5. The fourth-order valence-corrected chi connectivity index (χ4v) is 3.51. The number of carbonyl (C=O) groups is 1. The van der Waals surface area contributed by atoms with Crippen LogP contribution in [0.15, 0.2) is 54.6 Å². The lowest BCUT2D eigenvalue weighted by atomic mass is 9.83. The van der Waals surface area contributed by atoms with E-state index in [1.165, 1.54) is 5.56 Å². The molecule has 2 aromatic rings. The van der Waals surface area contributed by atoms with Crippen molar-refractivity contribution in [3.05, 3.63) is 65.7 Å². The number of hydrogen-bond donors (Lipinski definition) is 0. The van der Waals surface area contributed by atoms with Crippen molar-refractivity contribution in [2.75, 3.05) is 33.3 Å². The Bertz CT molecular complexity index is 735. The molecule has 4 heteroatoms. The average Bonchev–Trinajstić information content (AvgIpc) is 2.69. The molecule has 2 aromatic carbocycles. The Morgan fingerprint density at radius 1 is 1.00 bits per heavy atom. The van der Waals surface area contributed by atoms with Gasteiger partial charge in [0.05, 0.1) is 12.5 Å². The minimum Gasteiger partial charge on any atom is -0.497 e. The summed E-state index contributed by atoms with van der Waals surface area (Å²) in [7, 11) is 1.69. The number of hydrogen-bond acceptors (Lipinski definition) is 3. The van der Waals surface area contributed by atoms with Gasteiger partial charge in [-0.3, -0.25) is 9.69 Å². The largest absolute Gasteiger partial charge is 0.497 e. The van der Waals surface area contributed by atoms with E-state index in [9.17, 15) is 4.79 Å². The fourth-order valence-electron chi connectivity index (χ4n) is 3.51. The highest BCUT2D eigenvalue weighted by atomic mass is 16.5. The lowest BCUT2D eigenvalue weighted by Gasteiger charge is -2.38. The summed E-state index contributed by atoms with van der Waals surface area (Å²) in [5.41, 5.74) is 1.83. The number of rotatable bonds is 5. The summed E-state index contributed by atoms with van der Waals surface area (Å²) in [4.78, 5) is 17.5. The van der Waals surface area contributed by atoms with E-state index in [1.54, 1.807) is 7.11 Å². The number of nitrogens with zero attached hydrogens (tertiary/aromatic N) is 2. The highest BCUT2D eigenvalue weighted by molar-refractivity contribution is 5.87. The molecule has 138 valence electrons. The van der Waals surface area contributed by atoms with Crippen LogP contribution in [-0.2, 0) is 16.8 Å². The van der Waals surface area contributed by atoms with Crippen LogP contribution in [0.2, 0.25) is 0 Å². The molecule has 1 fully saturated rings. The van der Waals surface area contributed by atoms with Gasteiger partial charge in [-0.2, -0.15) is 0 Å². The van der Waals surface area contributed by atoms with Crippen LogP contribution < -0.4 is 4.74 Å². The third-order valence-corrected chi connectivity index (χ3v) is 5.23. The molecular formula is C22H28N2O2. The Kier molecular flexibility index (Phi) is 5.62. The van der Waals surface area contributed by atoms with Crippen LogP contribution in [0.4, 0.5) is 0 Å². The number of ether oxygens (including phenoxy) is 1. The molecular weight excluding hydrogens is 324 g/mol. The topological polar surface area (TPSA) is 32.8 Å². The molecule has 0 N–H and O–H groups in total. The minimum absolute atomic E-state index is 0.213. The number of benzene rings is 2. The molecule has 3 rings (SSSR count). The Labute approximate surface area is 156 Å². The Morgan fingerprint density at radius 3 is 2.35 bits per heavy atom. The van der Waals surface area contributed by atoms with Crippen molar-refractivity contribution in [2.24, 2.45) is 0 Å². The zero-order chi connectivity index (χ0) is 18.6. The molecule has 0 radical (unpaired) electrons. The van der Waals surface area contributed by atoms with Gasteiger partial charge in [0.1, 0.15) is 5.75 Å². The molecule has 0 aliphatic carbocycles. The predicted molar refractivity (Wildman–Crippen MR) is 104 cm³/mol. The highest BCUT2D eigenvalue weighted by Crippen LogP contribution is 2.26. The van der Waals surface area contributed by atoms with Crippen molar-refractivity contribution < 1.29 is 9.53 Å². The zero-order valence-corrected chi connectivity index (χ0v) is 15.9. The molecule has 0 saturated carbocycles. The lowest BCUT2D eigenvalue weighted by Crippen LogP contribution is -2.52. The van der Waals surface area contributed by atoms with Gasteiger partial charge in [0.15, 0.2) is 0 Å². The first-order chi connectivity index (χ1) is 12.5. The predicted octanol–water partition coefficient (Wildman–Crippen LogP) is 3.32. The number of methoxy groups -OCH3 is 1. The maximum absolute atomic E-state index is 13.1. The van der Waals surface area contributed by atoms with Gasteiger partial charge in [-0.25, -0.2) is 0 Å². The number of amides is 1. The third kappa shape index (κ3) is 4.07. The van der Waals surface area contributed by atoms with Crippen LogP contribution in [0.3, 0.4) is 0 Å². The second kappa shape index (κ2) is 7.92. The van der Waals surface area contributed by atoms with Crippen molar-refractivity contribution in [3.8, 4) is 5.75 Å². The van der Waals surface area contributed by atoms with Crippen LogP contribution >= 0.6 is 0 Å². The van der Waals surface area contributed by atoms with Gasteiger partial charge in [-0.05, 0) is 37.1 Å². The van der Waals surface area contributed by atoms with Gasteiger partial charge >= 0.3 is 0 Å². The average molecular weight is 352 g/mol. The van der Waals surface area contributed by atoms with Crippen LogP contribution in [0.1, 0.15) is 25.0 Å². The summed E-state index contributed by atoms with van der Waals surface area (Å²) in [6, 6.07) is 18.2. The monoisotopic (exact) mass is 352 g/mol. The summed E-state index contributed by atoms with van der Waals surface area (Å²) in [6.45, 7) is 8.28. The quantitative estimate of drug-likeness (QED) is 0.828. The molecule has 1 aliphatic rings. The van der Waals surface area contributed by atoms with E-state index >= 15 is 0 Å². The van der Waals surface area contributed by atoms with Gasteiger partial charge in [0.2, 0.25) is 5.91 Å². The van der Waals surface area contributed by atoms with Gasteiger partial charge in [0, 0.05) is 32.7 Å². The summed E-state index contributed by atoms with van der Waals surface area (Å²) < 4.78 is 5.30. The van der Waals surface area contributed by atoms with Crippen molar-refractivity contribution in [1.29, 1.82) is 0 Å². The summed E-state index contributed by atoms with van der Waals surface area (Å²) in [5.74, 6) is 1.10. The molecule has 1 amide bonds. The van der Waals surface area contributed by atoms with E-state index in [2.05, 4.69) is 17.0 Å². The Hall–Kier alpha value is -2.33. The van der Waals surface area contributed by atoms with E-state index in [0.29, 0.717) is 0 Å². The van der Waals surface area contributed by atoms with Crippen molar-refractivity contribution in [2.45, 2.75) is 25.8 Å². The maximum Gasteiger partial charge on any atom is 0.232 e. The minimum atomic E-state index is -0.490. The van der Waals surface area contributed by atoms with Gasteiger partial charge in [-0.1, -0.05) is 42.5 Å². The summed E-state index contributed by atoms with van der Waals surface area (Å²) in [6.07, 6.45) is 0. The van der Waals surface area contributed by atoms with Crippen LogP contribution in [0, 0.1) is 0 Å². The van der Waals surface area contributed by atoms with Crippen molar-refractivity contribution in [1.82, 2.24) is 9.80 Å². The maximum atomic E-state index is 13.1. The summed E-state index contributed by atoms with van der Waals surface area (Å²) >= 11 is 0. The first-order valence-corrected chi connectivity index (χ1v) is 9.21. The van der Waals surface area contributed by atoms with E-state index in [4.69, 9.17) is 4.74 Å². The van der Waals surface area contributed by atoms with Crippen LogP contribution in [0.5, 0.6) is 5.75 Å². The lowest BCUT2D eigenvalue weighted by molar-refractivity contribution is -0.138. The molecule has 0 aromatic heterocycles. The summed E-state index contributed by atoms with van der Waals surface area (Å²) in [5, 5.41) is 0. The molecule has 26 heavy (non-hydrogen) atoms. The van der Waals surface area contributed by atoms with Gasteiger partial charge in [-0.15, -0.1) is 0 Å². The SMILES string of the molecule is COc1cccc(CN2CCN(C(=O)C(C)(C)c3ccccc3)CC2)c1. The Morgan fingerprint density at radius 2 is 1.69 bits per heavy atom. The van der Waals surface area contributed by atoms with Crippen molar-refractivity contribution in [3.63, 3.8) is 0 Å². The van der Waals surface area contributed by atoms with E-state index in [-0.39, 0.29) is 5.91 Å². The van der Waals surface area contributed by atoms with Crippen LogP contribution in [0.25, 0.3) is 0 Å². The second-order valence-corrected chi connectivity index (χ2v) is 7.41. The number of piperazine rings is 1. The second-order valence-electron chi connectivity index (χ2n) is 7.41. The van der Waals surface area contributed by atoms with E-state index < -0.39 is 5.41 Å². The van der Waals surface area contributed by atoms with E-state index in [0.717, 1.165) is 44.0 Å². The first-order valence-electron chi connectivity index (χ1n) is 9.21. The molecule has 0 atom stereocenters. The van der Waals surface area contributed by atoms with Gasteiger partial charge in [0.25, 0.3) is 0 Å². The normalized spacial score (nSPS) is 15.7. The fraction of sp³-hybridized carbons (Fsp3) is 0.409. The smallest absolute Gasteiger partial charge is 0.232 e. The molecule has 1 saturated heterocycles. The highest BCUT2D eigenvalue weighted by Gasteiger charge is 2.34. The number of carbonyl (C=O) groups excluding carboxylic acids is 1. The molecule has 0 bridgehead atoms. The molecule has 0 spiro atoms. The zero-order valence-electron chi connectivity index (χ0n) is 15.9. The molecule has 1 heterocycles. The Balaban J connectivity index is 1.58. The van der Waals surface area contributed by atoms with Gasteiger partial charge < -0.3 is 9.64 Å². The molecule has 4 nitrogen and oxygen atoms in total. The van der Waals surface area contributed by atoms with E-state index in [1.807, 2.05) is 61.2 Å².